The highest BCUT2D eigenvalue weighted by atomic mass is 32.1. The molecule has 1 aliphatic heterocycles. The van der Waals surface area contributed by atoms with E-state index in [1.165, 1.54) is 25.9 Å². The van der Waals surface area contributed by atoms with Gasteiger partial charge in [-0.05, 0) is 45.7 Å². The molecule has 0 unspecified atom stereocenters. The van der Waals surface area contributed by atoms with Crippen molar-refractivity contribution in [3.63, 3.8) is 0 Å². The molecule has 0 aliphatic carbocycles. The first-order valence-electron chi connectivity index (χ1n) is 7.65. The Kier molecular flexibility index (Phi) is 6.47. The van der Waals surface area contributed by atoms with Crippen molar-refractivity contribution in [3.8, 4) is 0 Å². The van der Waals surface area contributed by atoms with Crippen molar-refractivity contribution < 1.29 is 4.79 Å². The van der Waals surface area contributed by atoms with Gasteiger partial charge in [-0.1, -0.05) is 0 Å². The SMILES string of the molecule is C[C@@H](CCC(=O)NCCCc1nccs1)N1CCCC1. The van der Waals surface area contributed by atoms with Crippen LogP contribution in [0.3, 0.4) is 0 Å². The summed E-state index contributed by atoms with van der Waals surface area (Å²) in [5.74, 6) is 0.190. The van der Waals surface area contributed by atoms with Crippen molar-refractivity contribution in [1.29, 1.82) is 0 Å². The lowest BCUT2D eigenvalue weighted by Gasteiger charge is -2.23. The monoisotopic (exact) mass is 295 g/mol. The Morgan fingerprint density at radius 3 is 3.00 bits per heavy atom. The Balaban J connectivity index is 1.51. The fourth-order valence-corrected chi connectivity index (χ4v) is 3.30. The largest absolute Gasteiger partial charge is 0.356 e. The highest BCUT2D eigenvalue weighted by Crippen LogP contribution is 2.14. The third-order valence-electron chi connectivity index (χ3n) is 3.93. The van der Waals surface area contributed by atoms with Gasteiger partial charge in [0.1, 0.15) is 0 Å². The molecule has 1 aliphatic rings. The molecule has 0 radical (unpaired) electrons. The average molecular weight is 295 g/mol. The van der Waals surface area contributed by atoms with Gasteiger partial charge in [0.25, 0.3) is 0 Å². The van der Waals surface area contributed by atoms with Gasteiger partial charge in [-0.15, -0.1) is 11.3 Å². The van der Waals surface area contributed by atoms with Crippen LogP contribution in [0.25, 0.3) is 0 Å². The Hall–Kier alpha value is -0.940. The summed E-state index contributed by atoms with van der Waals surface area (Å²) in [6.45, 7) is 5.41. The molecule has 1 saturated heterocycles. The molecule has 4 nitrogen and oxygen atoms in total. The Bertz CT molecular complexity index is 388. The zero-order valence-corrected chi connectivity index (χ0v) is 13.1. The molecule has 20 heavy (non-hydrogen) atoms. The molecule has 2 heterocycles. The maximum atomic E-state index is 11.8. The van der Waals surface area contributed by atoms with E-state index in [2.05, 4.69) is 22.1 Å². The number of rotatable bonds is 8. The van der Waals surface area contributed by atoms with Crippen molar-refractivity contribution >= 4 is 17.2 Å². The van der Waals surface area contributed by atoms with Crippen LogP contribution in [0.5, 0.6) is 0 Å². The zero-order valence-electron chi connectivity index (χ0n) is 12.3. The van der Waals surface area contributed by atoms with Crippen LogP contribution in [-0.2, 0) is 11.2 Å². The second-order valence-corrected chi connectivity index (χ2v) is 6.49. The van der Waals surface area contributed by atoms with E-state index in [9.17, 15) is 4.79 Å². The van der Waals surface area contributed by atoms with E-state index in [4.69, 9.17) is 0 Å². The molecule has 112 valence electrons. The third-order valence-corrected chi connectivity index (χ3v) is 4.77. The van der Waals surface area contributed by atoms with E-state index in [1.807, 2.05) is 11.6 Å². The Morgan fingerprint density at radius 1 is 1.50 bits per heavy atom. The van der Waals surface area contributed by atoms with Crippen LogP contribution in [0.4, 0.5) is 0 Å². The van der Waals surface area contributed by atoms with Crippen LogP contribution in [0, 0.1) is 0 Å². The summed E-state index contributed by atoms with van der Waals surface area (Å²) >= 11 is 1.68. The van der Waals surface area contributed by atoms with Crippen molar-refractivity contribution in [2.45, 2.75) is 51.5 Å². The predicted octanol–water partition coefficient (Wildman–Crippen LogP) is 2.46. The summed E-state index contributed by atoms with van der Waals surface area (Å²) < 4.78 is 0. The van der Waals surface area contributed by atoms with Crippen molar-refractivity contribution in [2.24, 2.45) is 0 Å². The fourth-order valence-electron chi connectivity index (χ4n) is 2.64. The minimum Gasteiger partial charge on any atom is -0.356 e. The molecule has 1 fully saturated rings. The number of carbonyl (C=O) groups is 1. The standard InChI is InChI=1S/C15H25N3OS/c1-13(18-10-2-3-11-18)6-7-14(19)16-8-4-5-15-17-9-12-20-15/h9,12-13H,2-8,10-11H2,1H3,(H,16,19)/t13-/m0/s1. The first kappa shape index (κ1) is 15.4. The molecule has 1 aromatic heterocycles. The van der Waals surface area contributed by atoms with Crippen molar-refractivity contribution in [1.82, 2.24) is 15.2 Å². The van der Waals surface area contributed by atoms with Crippen LogP contribution in [0.2, 0.25) is 0 Å². The summed E-state index contributed by atoms with van der Waals surface area (Å²) in [5, 5.41) is 6.16. The number of hydrogen-bond donors (Lipinski definition) is 1. The number of amides is 1. The lowest BCUT2D eigenvalue weighted by Crippen LogP contribution is -2.32. The summed E-state index contributed by atoms with van der Waals surface area (Å²) in [6, 6.07) is 0.540. The molecule has 1 amide bonds. The minimum atomic E-state index is 0.190. The molecule has 0 bridgehead atoms. The summed E-state index contributed by atoms with van der Waals surface area (Å²) in [4.78, 5) is 18.5. The number of thiazole rings is 1. The molecule has 0 aromatic carbocycles. The van der Waals surface area contributed by atoms with E-state index in [0.29, 0.717) is 12.5 Å². The number of hydrogen-bond acceptors (Lipinski definition) is 4. The van der Waals surface area contributed by atoms with Gasteiger partial charge in [0, 0.05) is 37.0 Å². The lowest BCUT2D eigenvalue weighted by molar-refractivity contribution is -0.121. The average Bonchev–Trinajstić information content (AvgIpc) is 3.13. The molecular weight excluding hydrogens is 270 g/mol. The number of aryl methyl sites for hydroxylation is 1. The molecule has 1 atom stereocenters. The van der Waals surface area contributed by atoms with Crippen LogP contribution >= 0.6 is 11.3 Å². The Morgan fingerprint density at radius 2 is 2.30 bits per heavy atom. The number of nitrogens with one attached hydrogen (secondary N) is 1. The number of likely N-dealkylation sites (tertiary alicyclic amines) is 1. The fraction of sp³-hybridized carbons (Fsp3) is 0.733. The molecule has 1 N–H and O–H groups in total. The van der Waals surface area contributed by atoms with Crippen LogP contribution in [-0.4, -0.2) is 41.5 Å². The van der Waals surface area contributed by atoms with Crippen LogP contribution < -0.4 is 5.32 Å². The maximum absolute atomic E-state index is 11.8. The van der Waals surface area contributed by atoms with Gasteiger partial charge < -0.3 is 10.2 Å². The first-order valence-corrected chi connectivity index (χ1v) is 8.53. The molecule has 2 rings (SSSR count). The van der Waals surface area contributed by atoms with Crippen LogP contribution in [0.1, 0.15) is 44.0 Å². The van der Waals surface area contributed by atoms with Crippen LogP contribution in [0.15, 0.2) is 11.6 Å². The third kappa shape index (κ3) is 5.21. The highest BCUT2D eigenvalue weighted by Gasteiger charge is 2.18. The van der Waals surface area contributed by atoms with Gasteiger partial charge in [0.2, 0.25) is 5.91 Å². The van der Waals surface area contributed by atoms with Gasteiger partial charge in [-0.3, -0.25) is 4.79 Å². The summed E-state index contributed by atoms with van der Waals surface area (Å²) in [6.07, 6.45) is 8.01. The van der Waals surface area contributed by atoms with Gasteiger partial charge in [-0.25, -0.2) is 4.98 Å². The van der Waals surface area contributed by atoms with Crippen molar-refractivity contribution in [3.05, 3.63) is 16.6 Å². The van der Waals surface area contributed by atoms with E-state index in [1.54, 1.807) is 11.3 Å². The molecule has 1 aromatic rings. The number of carbonyl (C=O) groups excluding carboxylic acids is 1. The van der Waals surface area contributed by atoms with E-state index in [-0.39, 0.29) is 5.91 Å². The molecule has 5 heteroatoms. The maximum Gasteiger partial charge on any atom is 0.220 e. The smallest absolute Gasteiger partial charge is 0.220 e. The predicted molar refractivity (Wildman–Crippen MR) is 82.9 cm³/mol. The summed E-state index contributed by atoms with van der Waals surface area (Å²) in [7, 11) is 0. The molecule has 0 saturated carbocycles. The topological polar surface area (TPSA) is 45.2 Å². The van der Waals surface area contributed by atoms with E-state index < -0.39 is 0 Å². The van der Waals surface area contributed by atoms with Crippen molar-refractivity contribution in [2.75, 3.05) is 19.6 Å². The van der Waals surface area contributed by atoms with E-state index >= 15 is 0 Å². The normalized spacial score (nSPS) is 17.2. The van der Waals surface area contributed by atoms with Gasteiger partial charge >= 0.3 is 0 Å². The van der Waals surface area contributed by atoms with Gasteiger partial charge in [0.15, 0.2) is 0 Å². The van der Waals surface area contributed by atoms with Gasteiger partial charge in [-0.2, -0.15) is 0 Å². The first-order chi connectivity index (χ1) is 9.75. The molecule has 0 spiro atoms. The number of aromatic nitrogens is 1. The second kappa shape index (κ2) is 8.37. The van der Waals surface area contributed by atoms with Gasteiger partial charge in [0.05, 0.1) is 5.01 Å². The van der Waals surface area contributed by atoms with E-state index in [0.717, 1.165) is 30.8 Å². The quantitative estimate of drug-likeness (QED) is 0.749. The number of nitrogens with zero attached hydrogens (tertiary/aromatic N) is 2. The zero-order chi connectivity index (χ0) is 14.2. The summed E-state index contributed by atoms with van der Waals surface area (Å²) in [5.41, 5.74) is 0. The Labute approximate surface area is 125 Å². The molecular formula is C15H25N3OS. The second-order valence-electron chi connectivity index (χ2n) is 5.51. The lowest BCUT2D eigenvalue weighted by atomic mass is 10.1. The minimum absolute atomic E-state index is 0.190. The highest BCUT2D eigenvalue weighted by molar-refractivity contribution is 7.09.